The van der Waals surface area contributed by atoms with Crippen molar-refractivity contribution in [2.24, 2.45) is 0 Å². The molecule has 2 amide bonds. The van der Waals surface area contributed by atoms with E-state index in [1.807, 2.05) is 0 Å². The summed E-state index contributed by atoms with van der Waals surface area (Å²) in [6.07, 6.45) is 9.65. The van der Waals surface area contributed by atoms with Crippen molar-refractivity contribution in [2.75, 3.05) is 30.7 Å². The van der Waals surface area contributed by atoms with Crippen LogP contribution in [-0.4, -0.2) is 44.7 Å². The van der Waals surface area contributed by atoms with Crippen LogP contribution < -0.4 is 10.0 Å². The molecule has 3 aliphatic rings. The van der Waals surface area contributed by atoms with Crippen LogP contribution in [0.4, 0.5) is 10.5 Å². The van der Waals surface area contributed by atoms with Gasteiger partial charge in [-0.3, -0.25) is 4.90 Å². The molecule has 0 aromatic heterocycles. The number of benzene rings is 1. The van der Waals surface area contributed by atoms with E-state index in [0.29, 0.717) is 12.1 Å². The fraction of sp³-hybridized carbons (Fsp3) is 0.591. The Morgan fingerprint density at radius 3 is 2.21 bits per heavy atom. The van der Waals surface area contributed by atoms with Gasteiger partial charge in [-0.1, -0.05) is 19.1 Å². The molecule has 0 bridgehead atoms. The minimum Gasteiger partial charge on any atom is -0.307 e. The highest BCUT2D eigenvalue weighted by Gasteiger charge is 2.26. The monoisotopic (exact) mass is 417 g/mol. The molecule has 0 radical (unpaired) electrons. The van der Waals surface area contributed by atoms with Crippen LogP contribution in [0.2, 0.25) is 0 Å². The van der Waals surface area contributed by atoms with Crippen molar-refractivity contribution < 1.29 is 13.2 Å². The summed E-state index contributed by atoms with van der Waals surface area (Å²) in [7, 11) is -3.77. The molecule has 2 aliphatic carbocycles. The van der Waals surface area contributed by atoms with Crippen molar-refractivity contribution in [1.29, 1.82) is 0 Å². The molecule has 29 heavy (non-hydrogen) atoms. The molecule has 1 aromatic rings. The zero-order chi connectivity index (χ0) is 20.4. The number of sulfonamides is 1. The van der Waals surface area contributed by atoms with Crippen LogP contribution in [0.25, 0.3) is 0 Å². The number of carbonyl (C=O) groups is 1. The lowest BCUT2D eigenvalue weighted by molar-refractivity contribution is 0.247. The van der Waals surface area contributed by atoms with E-state index >= 15 is 0 Å². The second kappa shape index (κ2) is 8.48. The third-order valence-electron chi connectivity index (χ3n) is 6.25. The van der Waals surface area contributed by atoms with E-state index in [1.165, 1.54) is 28.7 Å². The summed E-state index contributed by atoms with van der Waals surface area (Å²) in [6.45, 7) is 6.47. The molecular formula is C22H31N3O3S. The normalized spacial score (nSPS) is 18.9. The number of carbonyl (C=O) groups excluding carboxylic acids is 1. The van der Waals surface area contributed by atoms with Gasteiger partial charge in [0, 0.05) is 12.2 Å². The van der Waals surface area contributed by atoms with E-state index in [9.17, 15) is 13.2 Å². The molecule has 0 saturated carbocycles. The van der Waals surface area contributed by atoms with E-state index in [2.05, 4.69) is 27.6 Å². The molecule has 0 unspecified atom stereocenters. The maximum Gasteiger partial charge on any atom is 0.332 e. The van der Waals surface area contributed by atoms with Gasteiger partial charge in [0.25, 0.3) is 0 Å². The number of anilines is 1. The molecule has 158 valence electrons. The van der Waals surface area contributed by atoms with Crippen molar-refractivity contribution in [3.63, 3.8) is 0 Å². The Hall–Kier alpha value is -1.86. The van der Waals surface area contributed by atoms with Crippen LogP contribution in [0.3, 0.4) is 0 Å². The van der Waals surface area contributed by atoms with Crippen LogP contribution >= 0.6 is 0 Å². The van der Waals surface area contributed by atoms with Gasteiger partial charge in [-0.25, -0.2) is 17.9 Å². The molecule has 0 spiro atoms. The maximum absolute atomic E-state index is 12.6. The molecule has 4 rings (SSSR count). The summed E-state index contributed by atoms with van der Waals surface area (Å²) in [5.41, 5.74) is 6.46. The van der Waals surface area contributed by atoms with Crippen LogP contribution in [0.5, 0.6) is 0 Å². The van der Waals surface area contributed by atoms with Crippen molar-refractivity contribution in [3.8, 4) is 0 Å². The Kier molecular flexibility index (Phi) is 5.97. The zero-order valence-corrected chi connectivity index (χ0v) is 17.9. The van der Waals surface area contributed by atoms with E-state index in [1.54, 1.807) is 0 Å². The maximum atomic E-state index is 12.6. The summed E-state index contributed by atoms with van der Waals surface area (Å²) in [4.78, 5) is 14.8. The van der Waals surface area contributed by atoms with Crippen LogP contribution in [-0.2, 0) is 35.7 Å². The van der Waals surface area contributed by atoms with Gasteiger partial charge < -0.3 is 5.32 Å². The minimum atomic E-state index is -3.77. The van der Waals surface area contributed by atoms with E-state index < -0.39 is 16.1 Å². The molecule has 7 heteroatoms. The van der Waals surface area contributed by atoms with Gasteiger partial charge in [-0.05, 0) is 92.3 Å². The first-order chi connectivity index (χ1) is 13.9. The number of aryl methyl sites for hydroxylation is 2. The Morgan fingerprint density at radius 1 is 0.966 bits per heavy atom. The summed E-state index contributed by atoms with van der Waals surface area (Å²) in [6, 6.07) is 1.62. The van der Waals surface area contributed by atoms with Gasteiger partial charge in [0.15, 0.2) is 0 Å². The number of piperidine rings is 1. The number of nitrogens with one attached hydrogen (secondary N) is 2. The van der Waals surface area contributed by atoms with E-state index in [-0.39, 0.29) is 5.75 Å². The number of urea groups is 1. The summed E-state index contributed by atoms with van der Waals surface area (Å²) in [5.74, 6) is -0.220. The Morgan fingerprint density at radius 2 is 1.59 bits per heavy atom. The fourth-order valence-corrected chi connectivity index (χ4v) is 6.07. The predicted molar refractivity (Wildman–Crippen MR) is 116 cm³/mol. The van der Waals surface area contributed by atoms with E-state index in [4.69, 9.17) is 0 Å². The summed E-state index contributed by atoms with van der Waals surface area (Å²) >= 11 is 0. The lowest BCUT2D eigenvalue weighted by atomic mass is 9.99. The smallest absolute Gasteiger partial charge is 0.307 e. The molecule has 2 N–H and O–H groups in total. The van der Waals surface area contributed by atoms with Crippen LogP contribution in [0.1, 0.15) is 54.4 Å². The number of hydrogen-bond donors (Lipinski definition) is 2. The first kappa shape index (κ1) is 20.4. The standard InChI is InChI=1S/C22H31N3O3S/c1-16(14-25-11-3-2-4-12-25)15-29(27,28)24-22(26)23-21-19-9-5-7-17(19)13-18-8-6-10-20(18)21/h13H,1-12,14-15H2,(H2,23,24,26). The number of hydrogen-bond acceptors (Lipinski definition) is 4. The molecular weight excluding hydrogens is 386 g/mol. The van der Waals surface area contributed by atoms with Crippen molar-refractivity contribution >= 4 is 21.7 Å². The number of fused-ring (bicyclic) bond motifs is 2. The average molecular weight is 418 g/mol. The Bertz CT molecular complexity index is 885. The van der Waals surface area contributed by atoms with Gasteiger partial charge in [0.2, 0.25) is 10.0 Å². The molecule has 1 aromatic carbocycles. The molecule has 1 saturated heterocycles. The van der Waals surface area contributed by atoms with Gasteiger partial charge in [0.05, 0.1) is 5.75 Å². The van der Waals surface area contributed by atoms with Gasteiger partial charge >= 0.3 is 6.03 Å². The second-order valence-electron chi connectivity index (χ2n) is 8.64. The third kappa shape index (κ3) is 4.83. The lowest BCUT2D eigenvalue weighted by Crippen LogP contribution is -2.38. The highest BCUT2D eigenvalue weighted by Crippen LogP contribution is 2.38. The minimum absolute atomic E-state index is 0.220. The molecule has 1 heterocycles. The van der Waals surface area contributed by atoms with Crippen molar-refractivity contribution in [1.82, 2.24) is 9.62 Å². The number of nitrogens with zero attached hydrogens (tertiary/aromatic N) is 1. The lowest BCUT2D eigenvalue weighted by Gasteiger charge is -2.27. The topological polar surface area (TPSA) is 78.5 Å². The zero-order valence-electron chi connectivity index (χ0n) is 17.1. The largest absolute Gasteiger partial charge is 0.332 e. The predicted octanol–water partition coefficient (Wildman–Crippen LogP) is 3.16. The van der Waals surface area contributed by atoms with Crippen molar-refractivity contribution in [3.05, 3.63) is 40.5 Å². The van der Waals surface area contributed by atoms with Gasteiger partial charge in [0.1, 0.15) is 0 Å². The first-order valence-corrected chi connectivity index (χ1v) is 12.4. The van der Waals surface area contributed by atoms with Gasteiger partial charge in [-0.2, -0.15) is 0 Å². The number of likely N-dealkylation sites (tertiary alicyclic amines) is 1. The van der Waals surface area contributed by atoms with E-state index in [0.717, 1.165) is 70.1 Å². The average Bonchev–Trinajstić information content (AvgIpc) is 3.30. The number of rotatable bonds is 6. The first-order valence-electron chi connectivity index (χ1n) is 10.8. The van der Waals surface area contributed by atoms with Crippen LogP contribution in [0.15, 0.2) is 18.2 Å². The quantitative estimate of drug-likeness (QED) is 0.697. The highest BCUT2D eigenvalue weighted by molar-refractivity contribution is 7.90. The molecule has 0 atom stereocenters. The third-order valence-corrected chi connectivity index (χ3v) is 7.53. The molecule has 6 nitrogen and oxygen atoms in total. The summed E-state index contributed by atoms with van der Waals surface area (Å²) < 4.78 is 27.2. The number of amides is 2. The SMILES string of the molecule is C=C(CN1CCCCC1)CS(=O)(=O)NC(=O)Nc1c2c(cc3c1CCC3)CCC2. The molecule has 1 fully saturated rings. The molecule has 1 aliphatic heterocycles. The van der Waals surface area contributed by atoms with Crippen LogP contribution in [0, 0.1) is 0 Å². The fourth-order valence-electron chi connectivity index (χ4n) is 5.03. The Labute approximate surface area is 173 Å². The van der Waals surface area contributed by atoms with Gasteiger partial charge in [-0.15, -0.1) is 0 Å². The highest BCUT2D eigenvalue weighted by atomic mass is 32.2. The Balaban J connectivity index is 1.39. The second-order valence-corrected chi connectivity index (χ2v) is 10.4. The van der Waals surface area contributed by atoms with Crippen molar-refractivity contribution in [2.45, 2.75) is 57.8 Å². The summed E-state index contributed by atoms with van der Waals surface area (Å²) in [5, 5.41) is 2.88.